The van der Waals surface area contributed by atoms with Gasteiger partial charge in [-0.25, -0.2) is 4.79 Å². The number of carbonyl (C=O) groups excluding carboxylic acids is 1. The third-order valence-electron chi connectivity index (χ3n) is 4.10. The lowest BCUT2D eigenvalue weighted by molar-refractivity contribution is 0.256. The molecule has 2 rings (SSSR count). The van der Waals surface area contributed by atoms with Gasteiger partial charge in [-0.05, 0) is 74.2 Å². The normalized spacial score (nSPS) is 11.8. The molecule has 0 bridgehead atoms. The largest absolute Gasteiger partial charge is 0.382 e. The van der Waals surface area contributed by atoms with Crippen LogP contribution in [0.25, 0.3) is 0 Å². The Bertz CT molecular complexity index is 1080. The average molecular weight is 457 g/mol. The molecule has 2 N–H and O–H groups in total. The first-order valence-corrected chi connectivity index (χ1v) is 12.3. The summed E-state index contributed by atoms with van der Waals surface area (Å²) in [6.07, 6.45) is 1.89. The Kier molecular flexibility index (Phi) is 6.38. The fourth-order valence-electron chi connectivity index (χ4n) is 3.08. The number of hydrogen-bond donors (Lipinski definition) is 1. The molecule has 9 nitrogen and oxygen atoms in total. The lowest BCUT2D eigenvalue weighted by Crippen LogP contribution is -2.31. The molecule has 0 saturated carbocycles. The first-order chi connectivity index (χ1) is 13.6. The summed E-state index contributed by atoms with van der Waals surface area (Å²) < 4.78 is 56.0. The van der Waals surface area contributed by atoms with Crippen LogP contribution in [0.2, 0.25) is 0 Å². The summed E-state index contributed by atoms with van der Waals surface area (Å²) in [5, 5.41) is 0. The predicted molar refractivity (Wildman–Crippen MR) is 114 cm³/mol. The van der Waals surface area contributed by atoms with Gasteiger partial charge in [0.2, 0.25) is 0 Å². The molecule has 0 atom stereocenters. The van der Waals surface area contributed by atoms with Gasteiger partial charge in [0.25, 0.3) is 0 Å². The Balaban J connectivity index is 2.60. The van der Waals surface area contributed by atoms with Crippen LogP contribution in [-0.4, -0.2) is 35.4 Å². The average Bonchev–Trinajstić information content (AvgIpc) is 2.52. The predicted octanol–water partition coefficient (Wildman–Crippen LogP) is 2.81. The zero-order valence-corrected chi connectivity index (χ0v) is 19.1. The molecule has 2 amide bonds. The molecule has 2 aromatic carbocycles. The molecule has 0 fully saturated rings. The summed E-state index contributed by atoms with van der Waals surface area (Å²) in [5.41, 5.74) is 8.38. The highest BCUT2D eigenvalue weighted by Gasteiger charge is 2.22. The van der Waals surface area contributed by atoms with Crippen molar-refractivity contribution in [2.24, 2.45) is 5.73 Å². The fourth-order valence-corrected chi connectivity index (χ4v) is 4.21. The molecule has 0 aliphatic heterocycles. The summed E-state index contributed by atoms with van der Waals surface area (Å²) in [4.78, 5) is 13.5. The van der Waals surface area contributed by atoms with Crippen LogP contribution in [-0.2, 0) is 20.2 Å². The molecular formula is C19H24N2O7S2. The maximum absolute atomic E-state index is 12.3. The van der Waals surface area contributed by atoms with Crippen molar-refractivity contribution < 1.29 is 30.0 Å². The Morgan fingerprint density at radius 3 is 1.20 bits per heavy atom. The Morgan fingerprint density at radius 1 is 0.733 bits per heavy atom. The van der Waals surface area contributed by atoms with Gasteiger partial charge in [-0.15, -0.1) is 0 Å². The number of carbonyl (C=O) groups is 1. The quantitative estimate of drug-likeness (QED) is 0.661. The van der Waals surface area contributed by atoms with E-state index in [1.165, 1.54) is 4.90 Å². The van der Waals surface area contributed by atoms with Crippen molar-refractivity contribution in [2.45, 2.75) is 27.7 Å². The van der Waals surface area contributed by atoms with Crippen molar-refractivity contribution in [2.75, 3.05) is 17.4 Å². The van der Waals surface area contributed by atoms with Gasteiger partial charge in [-0.1, -0.05) is 0 Å². The van der Waals surface area contributed by atoms with Crippen molar-refractivity contribution >= 4 is 37.6 Å². The zero-order valence-electron chi connectivity index (χ0n) is 17.5. The van der Waals surface area contributed by atoms with E-state index in [0.29, 0.717) is 33.6 Å². The van der Waals surface area contributed by atoms with Gasteiger partial charge in [-0.2, -0.15) is 16.8 Å². The topological polar surface area (TPSA) is 133 Å². The number of nitrogens with two attached hydrogens (primary N) is 1. The van der Waals surface area contributed by atoms with Crippen molar-refractivity contribution in [3.63, 3.8) is 0 Å². The summed E-state index contributed by atoms with van der Waals surface area (Å²) in [7, 11) is -7.45. The van der Waals surface area contributed by atoms with Gasteiger partial charge in [0.05, 0.1) is 23.9 Å². The minimum absolute atomic E-state index is 0.176. The van der Waals surface area contributed by atoms with Crippen LogP contribution in [0.1, 0.15) is 22.3 Å². The number of amides is 2. The summed E-state index contributed by atoms with van der Waals surface area (Å²) in [6.45, 7) is 6.59. The molecule has 0 unspecified atom stereocenters. The number of nitrogens with zero attached hydrogens (tertiary/aromatic N) is 1. The Labute approximate surface area is 176 Å². The minimum Gasteiger partial charge on any atom is -0.382 e. The van der Waals surface area contributed by atoms with Crippen molar-refractivity contribution in [3.05, 3.63) is 46.5 Å². The summed E-state index contributed by atoms with van der Waals surface area (Å²) >= 11 is 0. The molecule has 0 aliphatic carbocycles. The summed E-state index contributed by atoms with van der Waals surface area (Å²) in [6, 6.07) is 5.52. The maximum Gasteiger partial charge on any atom is 0.323 e. The number of rotatable bonds is 6. The second-order valence-corrected chi connectivity index (χ2v) is 10.2. The lowest BCUT2D eigenvalue weighted by Gasteiger charge is -2.24. The van der Waals surface area contributed by atoms with E-state index >= 15 is 0 Å². The number of primary amides is 1. The second-order valence-electron chi connectivity index (χ2n) is 7.07. The molecule has 0 aliphatic rings. The minimum atomic E-state index is -3.72. The van der Waals surface area contributed by atoms with E-state index in [1.807, 2.05) is 0 Å². The fraction of sp³-hybridized carbons (Fsp3) is 0.316. The lowest BCUT2D eigenvalue weighted by atomic mass is 10.1. The van der Waals surface area contributed by atoms with Crippen molar-refractivity contribution in [1.29, 1.82) is 0 Å². The molecule has 0 spiro atoms. The molecular weight excluding hydrogens is 432 g/mol. The highest BCUT2D eigenvalue weighted by molar-refractivity contribution is 7.86. The van der Waals surface area contributed by atoms with Gasteiger partial charge in [0, 0.05) is 0 Å². The highest BCUT2D eigenvalue weighted by atomic mass is 32.2. The van der Waals surface area contributed by atoms with E-state index in [9.17, 15) is 21.6 Å². The van der Waals surface area contributed by atoms with E-state index in [0.717, 1.165) is 12.5 Å². The molecule has 0 aromatic heterocycles. The van der Waals surface area contributed by atoms with Crippen LogP contribution in [0.5, 0.6) is 11.5 Å². The van der Waals surface area contributed by atoms with Crippen LogP contribution in [0.3, 0.4) is 0 Å². The van der Waals surface area contributed by atoms with Crippen molar-refractivity contribution in [3.8, 4) is 11.5 Å². The van der Waals surface area contributed by atoms with Gasteiger partial charge in [0.15, 0.2) is 0 Å². The molecule has 164 valence electrons. The van der Waals surface area contributed by atoms with E-state index in [4.69, 9.17) is 14.1 Å². The second kappa shape index (κ2) is 8.15. The molecule has 30 heavy (non-hydrogen) atoms. The Morgan fingerprint density at radius 2 is 1.00 bits per heavy atom. The number of hydrogen-bond acceptors (Lipinski definition) is 7. The van der Waals surface area contributed by atoms with Crippen LogP contribution in [0.15, 0.2) is 24.3 Å². The SMILES string of the molecule is Cc1cc(N(C(N)=O)c2cc(C)c(OS(C)(=O)=O)c(C)c2)cc(C)c1OS(C)(=O)=O. The van der Waals surface area contributed by atoms with Gasteiger partial charge < -0.3 is 14.1 Å². The standard InChI is InChI=1S/C19H24N2O7S2/c1-11-7-15(8-12(2)17(11)27-29(5,23)24)21(19(20)22)16-9-13(3)18(14(4)10-16)28-30(6,25)26/h7-10H,1-6H3,(H2,20,22). The number of aryl methyl sites for hydroxylation is 4. The number of anilines is 2. The first-order valence-electron chi connectivity index (χ1n) is 8.70. The van der Waals surface area contributed by atoms with Crippen LogP contribution in [0, 0.1) is 27.7 Å². The zero-order chi connectivity index (χ0) is 23.0. The third kappa shape index (κ3) is 5.63. The molecule has 2 aromatic rings. The first kappa shape index (κ1) is 23.5. The van der Waals surface area contributed by atoms with Crippen LogP contribution < -0.4 is 19.0 Å². The third-order valence-corrected chi connectivity index (χ3v) is 5.04. The molecule has 0 saturated heterocycles. The van der Waals surface area contributed by atoms with Gasteiger partial charge in [0.1, 0.15) is 11.5 Å². The van der Waals surface area contributed by atoms with Crippen LogP contribution in [0.4, 0.5) is 16.2 Å². The summed E-state index contributed by atoms with van der Waals surface area (Å²) in [5.74, 6) is 0.352. The van der Waals surface area contributed by atoms with Crippen LogP contribution >= 0.6 is 0 Å². The van der Waals surface area contributed by atoms with Crippen molar-refractivity contribution in [1.82, 2.24) is 0 Å². The molecule has 11 heteroatoms. The molecule has 0 radical (unpaired) electrons. The van der Waals surface area contributed by atoms with Gasteiger partial charge >= 0.3 is 26.3 Å². The van der Waals surface area contributed by atoms with E-state index in [1.54, 1.807) is 52.0 Å². The smallest absolute Gasteiger partial charge is 0.323 e. The number of benzene rings is 2. The highest BCUT2D eigenvalue weighted by Crippen LogP contribution is 2.36. The number of urea groups is 1. The monoisotopic (exact) mass is 456 g/mol. The molecule has 0 heterocycles. The van der Waals surface area contributed by atoms with E-state index < -0.39 is 26.3 Å². The maximum atomic E-state index is 12.3. The van der Waals surface area contributed by atoms with E-state index in [-0.39, 0.29) is 11.5 Å². The van der Waals surface area contributed by atoms with Gasteiger partial charge in [-0.3, -0.25) is 4.90 Å². The Hall–Kier alpha value is -2.79. The van der Waals surface area contributed by atoms with E-state index in [2.05, 4.69) is 0 Å².